The summed E-state index contributed by atoms with van der Waals surface area (Å²) < 4.78 is 10.5. The molecular formula is C10H15N3O3. The van der Waals surface area contributed by atoms with Crippen molar-refractivity contribution in [3.05, 3.63) is 11.7 Å². The molecule has 0 radical (unpaired) electrons. The van der Waals surface area contributed by atoms with Gasteiger partial charge in [0.1, 0.15) is 0 Å². The zero-order valence-electron chi connectivity index (χ0n) is 8.93. The number of nitrogens with one attached hydrogen (secondary N) is 1. The molecule has 6 heteroatoms. The Morgan fingerprint density at radius 1 is 1.44 bits per heavy atom. The molecule has 2 fully saturated rings. The molecule has 3 rings (SSSR count). The lowest BCUT2D eigenvalue weighted by molar-refractivity contribution is 0.190. The fourth-order valence-electron chi connectivity index (χ4n) is 2.20. The van der Waals surface area contributed by atoms with E-state index in [4.69, 9.17) is 9.26 Å². The second kappa shape index (κ2) is 4.12. The van der Waals surface area contributed by atoms with Gasteiger partial charge in [0.25, 0.3) is 0 Å². The number of β-amino-alcohol motifs (C(OH)–C–C–N with tert-alkyl or cyclic N) is 1. The van der Waals surface area contributed by atoms with E-state index < -0.39 is 0 Å². The first-order chi connectivity index (χ1) is 7.83. The molecule has 1 aromatic rings. The topological polar surface area (TPSA) is 80.4 Å². The number of ether oxygens (including phenoxy) is 1. The smallest absolute Gasteiger partial charge is 0.243 e. The highest BCUT2D eigenvalue weighted by Gasteiger charge is 2.30. The summed E-state index contributed by atoms with van der Waals surface area (Å²) in [4.78, 5) is 4.38. The largest absolute Gasteiger partial charge is 0.392 e. The summed E-state index contributed by atoms with van der Waals surface area (Å²) in [5, 5.41) is 16.5. The Morgan fingerprint density at radius 2 is 2.38 bits per heavy atom. The van der Waals surface area contributed by atoms with Crippen LogP contribution >= 0.6 is 0 Å². The van der Waals surface area contributed by atoms with Gasteiger partial charge in [0.15, 0.2) is 5.82 Å². The minimum Gasteiger partial charge on any atom is -0.392 e. The first-order valence-electron chi connectivity index (χ1n) is 5.65. The van der Waals surface area contributed by atoms with Crippen molar-refractivity contribution in [2.45, 2.75) is 30.9 Å². The van der Waals surface area contributed by atoms with Crippen molar-refractivity contribution in [1.29, 1.82) is 0 Å². The fraction of sp³-hybridized carbons (Fsp3) is 0.800. The van der Waals surface area contributed by atoms with Crippen LogP contribution in [-0.2, 0) is 4.74 Å². The van der Waals surface area contributed by atoms with Crippen LogP contribution in [0.5, 0.6) is 0 Å². The second-order valence-electron chi connectivity index (χ2n) is 4.40. The Bertz CT molecular complexity index is 362. The third-order valence-corrected chi connectivity index (χ3v) is 3.16. The van der Waals surface area contributed by atoms with Crippen molar-refractivity contribution in [3.63, 3.8) is 0 Å². The van der Waals surface area contributed by atoms with Gasteiger partial charge in [-0.3, -0.25) is 0 Å². The molecule has 3 atom stereocenters. The molecule has 0 bridgehead atoms. The van der Waals surface area contributed by atoms with E-state index in [9.17, 15) is 5.11 Å². The maximum Gasteiger partial charge on any atom is 0.243 e. The van der Waals surface area contributed by atoms with E-state index in [2.05, 4.69) is 15.5 Å². The Balaban J connectivity index is 1.72. The van der Waals surface area contributed by atoms with Crippen molar-refractivity contribution >= 4 is 0 Å². The Morgan fingerprint density at radius 3 is 3.06 bits per heavy atom. The highest BCUT2D eigenvalue weighted by atomic mass is 16.5. The van der Waals surface area contributed by atoms with E-state index in [0.717, 1.165) is 18.9 Å². The van der Waals surface area contributed by atoms with Gasteiger partial charge in [-0.25, -0.2) is 0 Å². The molecule has 3 heterocycles. The number of hydrogen-bond donors (Lipinski definition) is 2. The van der Waals surface area contributed by atoms with E-state index in [1.165, 1.54) is 0 Å². The third kappa shape index (κ3) is 1.83. The molecule has 16 heavy (non-hydrogen) atoms. The third-order valence-electron chi connectivity index (χ3n) is 3.16. The highest BCUT2D eigenvalue weighted by molar-refractivity contribution is 5.02. The average Bonchev–Trinajstić information content (AvgIpc) is 2.97. The van der Waals surface area contributed by atoms with E-state index in [1.807, 2.05) is 0 Å². The minimum absolute atomic E-state index is 0.00132. The van der Waals surface area contributed by atoms with Gasteiger partial charge in [-0.15, -0.1) is 0 Å². The predicted octanol–water partition coefficient (Wildman–Crippen LogP) is -0.0312. The number of aliphatic hydroxyl groups excluding tert-OH is 1. The van der Waals surface area contributed by atoms with Crippen LogP contribution in [0.2, 0.25) is 0 Å². The summed E-state index contributed by atoms with van der Waals surface area (Å²) >= 11 is 0. The zero-order valence-corrected chi connectivity index (χ0v) is 8.93. The molecule has 3 unspecified atom stereocenters. The van der Waals surface area contributed by atoms with E-state index in [1.54, 1.807) is 0 Å². The van der Waals surface area contributed by atoms with Crippen LogP contribution < -0.4 is 5.32 Å². The second-order valence-corrected chi connectivity index (χ2v) is 4.40. The zero-order chi connectivity index (χ0) is 11.0. The van der Waals surface area contributed by atoms with Crippen LogP contribution in [0.1, 0.15) is 36.5 Å². The molecule has 2 saturated heterocycles. The van der Waals surface area contributed by atoms with Gasteiger partial charge in [-0.1, -0.05) is 5.16 Å². The molecule has 0 spiro atoms. The van der Waals surface area contributed by atoms with E-state index >= 15 is 0 Å². The summed E-state index contributed by atoms with van der Waals surface area (Å²) in [6, 6.07) is -0.00132. The van der Waals surface area contributed by atoms with Gasteiger partial charge in [0, 0.05) is 19.1 Å². The first-order valence-corrected chi connectivity index (χ1v) is 5.65. The van der Waals surface area contributed by atoms with Crippen molar-refractivity contribution in [3.8, 4) is 0 Å². The minimum atomic E-state index is -0.310. The van der Waals surface area contributed by atoms with E-state index in [0.29, 0.717) is 25.5 Å². The maximum atomic E-state index is 9.41. The van der Waals surface area contributed by atoms with Gasteiger partial charge in [0.05, 0.1) is 18.8 Å². The lowest BCUT2D eigenvalue weighted by Gasteiger charge is -2.02. The van der Waals surface area contributed by atoms with Crippen molar-refractivity contribution in [1.82, 2.24) is 15.5 Å². The van der Waals surface area contributed by atoms with Gasteiger partial charge in [0.2, 0.25) is 5.89 Å². The molecule has 6 nitrogen and oxygen atoms in total. The number of aliphatic hydroxyl groups is 1. The molecular weight excluding hydrogens is 210 g/mol. The first kappa shape index (κ1) is 10.2. The number of rotatable bonds is 2. The normalized spacial score (nSPS) is 34.7. The van der Waals surface area contributed by atoms with Gasteiger partial charge < -0.3 is 19.7 Å². The monoisotopic (exact) mass is 225 g/mol. The van der Waals surface area contributed by atoms with Crippen LogP contribution in [0.25, 0.3) is 0 Å². The molecule has 88 valence electrons. The molecule has 2 aliphatic rings. The maximum absolute atomic E-state index is 9.41. The van der Waals surface area contributed by atoms with Crippen molar-refractivity contribution < 1.29 is 14.4 Å². The van der Waals surface area contributed by atoms with Crippen LogP contribution in [0.3, 0.4) is 0 Å². The van der Waals surface area contributed by atoms with Gasteiger partial charge in [-0.05, 0) is 12.8 Å². The lowest BCUT2D eigenvalue weighted by Crippen LogP contribution is -2.15. The molecule has 0 aromatic carbocycles. The van der Waals surface area contributed by atoms with Crippen LogP contribution in [0.4, 0.5) is 0 Å². The molecule has 0 aliphatic carbocycles. The number of hydrogen-bond acceptors (Lipinski definition) is 6. The number of aromatic nitrogens is 2. The van der Waals surface area contributed by atoms with Crippen molar-refractivity contribution in [2.24, 2.45) is 0 Å². The van der Waals surface area contributed by atoms with Gasteiger partial charge in [-0.2, -0.15) is 4.98 Å². The lowest BCUT2D eigenvalue weighted by atomic mass is 10.1. The van der Waals surface area contributed by atoms with Gasteiger partial charge >= 0.3 is 0 Å². The Hall–Kier alpha value is -0.980. The number of nitrogens with zero attached hydrogens (tertiary/aromatic N) is 2. The van der Waals surface area contributed by atoms with Crippen LogP contribution in [-0.4, -0.2) is 41.1 Å². The highest BCUT2D eigenvalue weighted by Crippen LogP contribution is 2.26. The summed E-state index contributed by atoms with van der Waals surface area (Å²) in [5.41, 5.74) is 0. The van der Waals surface area contributed by atoms with Crippen molar-refractivity contribution in [2.75, 3.05) is 19.8 Å². The summed E-state index contributed by atoms with van der Waals surface area (Å²) in [6.45, 7) is 2.05. The molecule has 2 N–H and O–H groups in total. The molecule has 1 aromatic heterocycles. The van der Waals surface area contributed by atoms with Crippen LogP contribution in [0, 0.1) is 0 Å². The molecule has 0 amide bonds. The molecule has 2 aliphatic heterocycles. The summed E-state index contributed by atoms with van der Waals surface area (Å²) in [7, 11) is 0. The summed E-state index contributed by atoms with van der Waals surface area (Å²) in [6.07, 6.45) is 1.29. The SMILES string of the molecule is OC1CNC(c2nc(C3CCOC3)no2)C1. The fourth-order valence-corrected chi connectivity index (χ4v) is 2.20. The quantitative estimate of drug-likeness (QED) is 0.735. The van der Waals surface area contributed by atoms with Crippen LogP contribution in [0.15, 0.2) is 4.52 Å². The Kier molecular flexibility index (Phi) is 2.62. The predicted molar refractivity (Wildman–Crippen MR) is 53.8 cm³/mol. The molecule has 0 saturated carbocycles. The standard InChI is InChI=1S/C10H15N3O3/c14-7-3-8(11-4-7)10-12-9(13-16-10)6-1-2-15-5-6/h6-8,11,14H,1-5H2. The Labute approximate surface area is 93.0 Å². The summed E-state index contributed by atoms with van der Waals surface area (Å²) in [5.74, 6) is 1.58. The average molecular weight is 225 g/mol. The van der Waals surface area contributed by atoms with E-state index in [-0.39, 0.29) is 18.1 Å².